The molecule has 112 valence electrons. The van der Waals surface area contributed by atoms with Crippen molar-refractivity contribution in [3.8, 4) is 0 Å². The fraction of sp³-hybridized carbons (Fsp3) is 0.250. The highest BCUT2D eigenvalue weighted by Crippen LogP contribution is 2.28. The summed E-state index contributed by atoms with van der Waals surface area (Å²) >= 11 is 6.59. The zero-order valence-corrected chi connectivity index (χ0v) is 14.9. The van der Waals surface area contributed by atoms with E-state index in [0.717, 1.165) is 15.6 Å². The standard InChI is InChI=1S/C16H15Br2F2N/c1-9-3-4-10(7-13(9)18)15(21-2)8-11-14(19)6-5-12(17)16(11)20/h3-7,15,21H,8H2,1-2H3. The van der Waals surface area contributed by atoms with Crippen molar-refractivity contribution in [1.82, 2.24) is 5.32 Å². The fourth-order valence-electron chi connectivity index (χ4n) is 2.17. The minimum absolute atomic E-state index is 0.0837. The highest BCUT2D eigenvalue weighted by molar-refractivity contribution is 9.10. The van der Waals surface area contributed by atoms with Crippen LogP contribution in [0.5, 0.6) is 0 Å². The molecule has 0 saturated heterocycles. The van der Waals surface area contributed by atoms with Gasteiger partial charge in [0.1, 0.15) is 11.6 Å². The molecule has 5 heteroatoms. The molecule has 0 aliphatic heterocycles. The quantitative estimate of drug-likeness (QED) is 0.664. The Morgan fingerprint density at radius 3 is 2.43 bits per heavy atom. The zero-order valence-electron chi connectivity index (χ0n) is 11.7. The van der Waals surface area contributed by atoms with Crippen LogP contribution in [0.25, 0.3) is 0 Å². The van der Waals surface area contributed by atoms with Gasteiger partial charge in [0.15, 0.2) is 0 Å². The van der Waals surface area contributed by atoms with Crippen molar-refractivity contribution < 1.29 is 8.78 Å². The summed E-state index contributed by atoms with van der Waals surface area (Å²) in [5.74, 6) is -1.07. The van der Waals surface area contributed by atoms with Gasteiger partial charge >= 0.3 is 0 Å². The van der Waals surface area contributed by atoms with E-state index < -0.39 is 11.6 Å². The van der Waals surface area contributed by atoms with Gasteiger partial charge in [0.25, 0.3) is 0 Å². The van der Waals surface area contributed by atoms with Crippen molar-refractivity contribution in [3.63, 3.8) is 0 Å². The number of hydrogen-bond acceptors (Lipinski definition) is 1. The zero-order chi connectivity index (χ0) is 15.6. The Bertz CT molecular complexity index is 659. The Morgan fingerprint density at radius 1 is 1.10 bits per heavy atom. The molecule has 0 heterocycles. The molecular formula is C16H15Br2F2N. The van der Waals surface area contributed by atoms with E-state index in [2.05, 4.69) is 37.2 Å². The first-order valence-corrected chi connectivity index (χ1v) is 8.08. The van der Waals surface area contributed by atoms with Gasteiger partial charge in [-0.05, 0) is 65.6 Å². The monoisotopic (exact) mass is 417 g/mol. The van der Waals surface area contributed by atoms with Gasteiger partial charge < -0.3 is 5.32 Å². The number of likely N-dealkylation sites (N-methyl/N-ethyl adjacent to an activating group) is 1. The van der Waals surface area contributed by atoms with Gasteiger partial charge in [-0.25, -0.2) is 8.78 Å². The van der Waals surface area contributed by atoms with Crippen molar-refractivity contribution in [2.45, 2.75) is 19.4 Å². The predicted molar refractivity (Wildman–Crippen MR) is 88.4 cm³/mol. The molecule has 0 saturated carbocycles. The van der Waals surface area contributed by atoms with E-state index >= 15 is 0 Å². The Balaban J connectivity index is 2.35. The van der Waals surface area contributed by atoms with E-state index in [4.69, 9.17) is 0 Å². The van der Waals surface area contributed by atoms with Gasteiger partial charge in [-0.15, -0.1) is 0 Å². The molecule has 1 unspecified atom stereocenters. The summed E-state index contributed by atoms with van der Waals surface area (Å²) in [5.41, 5.74) is 2.18. The van der Waals surface area contributed by atoms with Crippen LogP contribution in [0.3, 0.4) is 0 Å². The van der Waals surface area contributed by atoms with Gasteiger partial charge in [-0.1, -0.05) is 28.1 Å². The molecule has 1 atom stereocenters. The lowest BCUT2D eigenvalue weighted by Crippen LogP contribution is -2.20. The summed E-state index contributed by atoms with van der Waals surface area (Å²) in [6.07, 6.45) is 0.239. The van der Waals surface area contributed by atoms with Crippen LogP contribution >= 0.6 is 31.9 Å². The molecule has 0 amide bonds. The lowest BCUT2D eigenvalue weighted by atomic mass is 9.97. The second-order valence-electron chi connectivity index (χ2n) is 4.88. The van der Waals surface area contributed by atoms with Crippen LogP contribution in [0.4, 0.5) is 8.78 Å². The third kappa shape index (κ3) is 3.71. The number of halogens is 4. The van der Waals surface area contributed by atoms with Crippen LogP contribution in [0.2, 0.25) is 0 Å². The van der Waals surface area contributed by atoms with E-state index in [1.54, 1.807) is 7.05 Å². The number of nitrogens with one attached hydrogen (secondary N) is 1. The highest BCUT2D eigenvalue weighted by atomic mass is 79.9. The Kier molecular flexibility index (Phi) is 5.52. The van der Waals surface area contributed by atoms with E-state index in [0.29, 0.717) is 0 Å². The van der Waals surface area contributed by atoms with E-state index in [9.17, 15) is 8.78 Å². The smallest absolute Gasteiger partial charge is 0.143 e. The van der Waals surface area contributed by atoms with Crippen LogP contribution < -0.4 is 5.32 Å². The maximum atomic E-state index is 14.1. The molecule has 0 aliphatic rings. The van der Waals surface area contributed by atoms with Crippen LogP contribution in [0.1, 0.15) is 22.7 Å². The van der Waals surface area contributed by atoms with Crippen LogP contribution in [0, 0.1) is 18.6 Å². The first-order valence-electron chi connectivity index (χ1n) is 6.49. The largest absolute Gasteiger partial charge is 0.313 e. The van der Waals surface area contributed by atoms with Gasteiger partial charge in [0.05, 0.1) is 4.47 Å². The molecule has 2 aromatic carbocycles. The number of aryl methyl sites for hydroxylation is 1. The molecule has 0 fully saturated rings. The summed E-state index contributed by atoms with van der Waals surface area (Å²) < 4.78 is 29.2. The first-order chi connectivity index (χ1) is 9.93. The van der Waals surface area contributed by atoms with Gasteiger partial charge in [-0.2, -0.15) is 0 Å². The molecule has 0 aromatic heterocycles. The second kappa shape index (κ2) is 6.99. The maximum absolute atomic E-state index is 14.1. The molecule has 0 bridgehead atoms. The SMILES string of the molecule is CNC(Cc1c(F)ccc(Br)c1F)c1ccc(C)c(Br)c1. The number of rotatable bonds is 4. The van der Waals surface area contributed by atoms with Gasteiger partial charge in [-0.3, -0.25) is 0 Å². The average Bonchev–Trinajstić information content (AvgIpc) is 2.47. The lowest BCUT2D eigenvalue weighted by molar-refractivity contribution is 0.512. The summed E-state index contributed by atoms with van der Waals surface area (Å²) in [7, 11) is 1.78. The van der Waals surface area contributed by atoms with Crippen LogP contribution in [0.15, 0.2) is 39.3 Å². The molecule has 2 aromatic rings. The molecule has 0 spiro atoms. The topological polar surface area (TPSA) is 12.0 Å². The third-order valence-corrected chi connectivity index (χ3v) is 4.96. The fourth-order valence-corrected chi connectivity index (χ4v) is 2.94. The van der Waals surface area contributed by atoms with Crippen molar-refractivity contribution in [1.29, 1.82) is 0 Å². The molecule has 21 heavy (non-hydrogen) atoms. The van der Waals surface area contributed by atoms with Crippen LogP contribution in [-0.4, -0.2) is 7.05 Å². The number of benzene rings is 2. The number of hydrogen-bond donors (Lipinski definition) is 1. The van der Waals surface area contributed by atoms with E-state index in [-0.39, 0.29) is 22.5 Å². The minimum atomic E-state index is -0.540. The van der Waals surface area contributed by atoms with Crippen molar-refractivity contribution >= 4 is 31.9 Å². The maximum Gasteiger partial charge on any atom is 0.143 e. The van der Waals surface area contributed by atoms with Crippen molar-refractivity contribution in [3.05, 3.63) is 67.6 Å². The van der Waals surface area contributed by atoms with Gasteiger partial charge in [0, 0.05) is 16.1 Å². The molecule has 0 aliphatic carbocycles. The van der Waals surface area contributed by atoms with Crippen LogP contribution in [-0.2, 0) is 6.42 Å². The molecule has 1 nitrogen and oxygen atoms in total. The Hall–Kier alpha value is -0.780. The van der Waals surface area contributed by atoms with E-state index in [1.807, 2.05) is 25.1 Å². The highest BCUT2D eigenvalue weighted by Gasteiger charge is 2.18. The summed E-state index contributed by atoms with van der Waals surface area (Å²) in [4.78, 5) is 0. The predicted octanol–water partition coefficient (Wildman–Crippen LogP) is 5.30. The Morgan fingerprint density at radius 2 is 1.81 bits per heavy atom. The Labute approximate surface area is 140 Å². The summed E-state index contributed by atoms with van der Waals surface area (Å²) in [6.45, 7) is 2.00. The molecular weight excluding hydrogens is 404 g/mol. The first kappa shape index (κ1) is 16.6. The molecule has 2 rings (SSSR count). The molecule has 1 N–H and O–H groups in total. The minimum Gasteiger partial charge on any atom is -0.313 e. The normalized spacial score (nSPS) is 12.5. The summed E-state index contributed by atoms with van der Waals surface area (Å²) in [6, 6.07) is 8.42. The van der Waals surface area contributed by atoms with Gasteiger partial charge in [0.2, 0.25) is 0 Å². The van der Waals surface area contributed by atoms with Crippen molar-refractivity contribution in [2.75, 3.05) is 7.05 Å². The lowest BCUT2D eigenvalue weighted by Gasteiger charge is -2.19. The average molecular weight is 419 g/mol. The summed E-state index contributed by atoms with van der Waals surface area (Å²) in [5, 5.41) is 3.12. The second-order valence-corrected chi connectivity index (χ2v) is 6.58. The third-order valence-electron chi connectivity index (χ3n) is 3.49. The molecule has 0 radical (unpaired) electrons. The van der Waals surface area contributed by atoms with E-state index in [1.165, 1.54) is 12.1 Å². The van der Waals surface area contributed by atoms with Crippen molar-refractivity contribution in [2.24, 2.45) is 0 Å².